The topological polar surface area (TPSA) is 9.23 Å². The van der Waals surface area contributed by atoms with Crippen molar-refractivity contribution in [3.05, 3.63) is 76.9 Å². The number of benzene rings is 2. The van der Waals surface area contributed by atoms with Crippen molar-refractivity contribution < 1.29 is 4.43 Å². The molecule has 0 aliphatic rings. The number of hydrogen-bond acceptors (Lipinski definition) is 1. The second kappa shape index (κ2) is 5.94. The summed E-state index contributed by atoms with van der Waals surface area (Å²) in [6.07, 6.45) is 1.00. The van der Waals surface area contributed by atoms with Crippen LogP contribution in [-0.4, -0.2) is 8.32 Å². The highest BCUT2D eigenvalue weighted by Gasteiger charge is 2.24. The number of rotatable bonds is 4. The van der Waals surface area contributed by atoms with E-state index in [4.69, 9.17) is 4.43 Å². The van der Waals surface area contributed by atoms with Gasteiger partial charge in [-0.3, -0.25) is 0 Å². The van der Waals surface area contributed by atoms with E-state index in [0.29, 0.717) is 0 Å². The number of aryl methyl sites for hydroxylation is 2. The molecule has 0 unspecified atom stereocenters. The summed E-state index contributed by atoms with van der Waals surface area (Å²) >= 11 is 0. The average molecular weight is 283 g/mol. The van der Waals surface area contributed by atoms with E-state index >= 15 is 0 Å². The van der Waals surface area contributed by atoms with Crippen molar-refractivity contribution in [2.24, 2.45) is 0 Å². The van der Waals surface area contributed by atoms with Crippen molar-refractivity contribution in [3.63, 3.8) is 0 Å². The minimum absolute atomic E-state index is 1.00. The molecule has 0 aliphatic heterocycles. The van der Waals surface area contributed by atoms with Crippen molar-refractivity contribution in [1.29, 1.82) is 0 Å². The SMILES string of the molecule is Cc1ccc([C](O[Si](C)(C)C)c2ccc(C)cc2)cc1. The highest BCUT2D eigenvalue weighted by atomic mass is 28.4. The van der Waals surface area contributed by atoms with Crippen LogP contribution in [0.15, 0.2) is 48.5 Å². The fraction of sp³-hybridized carbons (Fsp3) is 0.278. The first-order valence-corrected chi connectivity index (χ1v) is 10.5. The molecule has 105 valence electrons. The van der Waals surface area contributed by atoms with Crippen LogP contribution >= 0.6 is 0 Å². The molecule has 0 saturated carbocycles. The van der Waals surface area contributed by atoms with Crippen molar-refractivity contribution >= 4 is 8.32 Å². The van der Waals surface area contributed by atoms with E-state index in [1.54, 1.807) is 0 Å². The van der Waals surface area contributed by atoms with Gasteiger partial charge in [-0.15, -0.1) is 0 Å². The third kappa shape index (κ3) is 4.05. The third-order valence-corrected chi connectivity index (χ3v) is 3.85. The first kappa shape index (κ1) is 15.0. The number of hydrogen-bond donors (Lipinski definition) is 0. The van der Waals surface area contributed by atoms with Crippen LogP contribution in [0.4, 0.5) is 0 Å². The molecule has 20 heavy (non-hydrogen) atoms. The fourth-order valence-electron chi connectivity index (χ4n) is 2.00. The summed E-state index contributed by atoms with van der Waals surface area (Å²) in [5, 5.41) is 0. The van der Waals surface area contributed by atoms with Gasteiger partial charge in [-0.1, -0.05) is 59.7 Å². The molecule has 0 aromatic heterocycles. The Morgan fingerprint density at radius 3 is 1.35 bits per heavy atom. The molecule has 0 heterocycles. The fourth-order valence-corrected chi connectivity index (χ4v) is 2.85. The first-order chi connectivity index (χ1) is 9.35. The summed E-state index contributed by atoms with van der Waals surface area (Å²) in [6, 6.07) is 17.1. The van der Waals surface area contributed by atoms with Gasteiger partial charge in [0.25, 0.3) is 0 Å². The predicted octanol–water partition coefficient (Wildman–Crippen LogP) is 5.08. The van der Waals surface area contributed by atoms with E-state index in [-0.39, 0.29) is 0 Å². The second-order valence-corrected chi connectivity index (χ2v) is 10.7. The van der Waals surface area contributed by atoms with E-state index in [2.05, 4.69) is 82.0 Å². The Morgan fingerprint density at radius 2 is 1.05 bits per heavy atom. The van der Waals surface area contributed by atoms with Gasteiger partial charge < -0.3 is 4.43 Å². The molecule has 2 aromatic rings. The Kier molecular flexibility index (Phi) is 4.46. The van der Waals surface area contributed by atoms with Crippen LogP contribution in [0.1, 0.15) is 22.3 Å². The van der Waals surface area contributed by atoms with Crippen molar-refractivity contribution in [1.82, 2.24) is 0 Å². The first-order valence-electron chi connectivity index (χ1n) is 7.05. The molecule has 0 saturated heterocycles. The van der Waals surface area contributed by atoms with Crippen LogP contribution in [0.2, 0.25) is 19.6 Å². The van der Waals surface area contributed by atoms with E-state index in [0.717, 1.165) is 17.2 Å². The van der Waals surface area contributed by atoms with Crippen LogP contribution in [0.5, 0.6) is 0 Å². The van der Waals surface area contributed by atoms with E-state index in [9.17, 15) is 0 Å². The molecule has 0 N–H and O–H groups in total. The van der Waals surface area contributed by atoms with Crippen molar-refractivity contribution in [2.75, 3.05) is 0 Å². The molecule has 1 nitrogen and oxygen atoms in total. The van der Waals surface area contributed by atoms with Crippen LogP contribution in [0.25, 0.3) is 0 Å². The Bertz CT molecular complexity index is 504. The van der Waals surface area contributed by atoms with Crippen LogP contribution in [-0.2, 0) is 4.43 Å². The quantitative estimate of drug-likeness (QED) is 0.711. The van der Waals surface area contributed by atoms with Crippen LogP contribution in [0, 0.1) is 20.0 Å². The van der Waals surface area contributed by atoms with Gasteiger partial charge in [0.2, 0.25) is 0 Å². The maximum Gasteiger partial charge on any atom is 0.185 e. The van der Waals surface area contributed by atoms with Gasteiger partial charge >= 0.3 is 0 Å². The highest BCUT2D eigenvalue weighted by molar-refractivity contribution is 6.70. The lowest BCUT2D eigenvalue weighted by Crippen LogP contribution is -2.29. The zero-order chi connectivity index (χ0) is 14.8. The summed E-state index contributed by atoms with van der Waals surface area (Å²) in [7, 11) is -1.65. The molecule has 2 heteroatoms. The van der Waals surface area contributed by atoms with E-state index in [1.807, 2.05) is 0 Å². The maximum atomic E-state index is 6.35. The summed E-state index contributed by atoms with van der Waals surface area (Å²) in [5.41, 5.74) is 4.85. The molecule has 0 atom stereocenters. The van der Waals surface area contributed by atoms with Crippen molar-refractivity contribution in [3.8, 4) is 0 Å². The smallest absolute Gasteiger partial charge is 0.185 e. The van der Waals surface area contributed by atoms with Gasteiger partial charge in [0.15, 0.2) is 8.32 Å². The van der Waals surface area contributed by atoms with Gasteiger partial charge in [-0.25, -0.2) is 0 Å². The van der Waals surface area contributed by atoms with E-state index < -0.39 is 8.32 Å². The normalized spacial score (nSPS) is 11.9. The van der Waals surface area contributed by atoms with Gasteiger partial charge in [-0.2, -0.15) is 0 Å². The summed E-state index contributed by atoms with van der Waals surface area (Å²) in [6.45, 7) is 10.9. The maximum absolute atomic E-state index is 6.35. The molecule has 0 aliphatic carbocycles. The molecular formula is C18H23OSi. The zero-order valence-electron chi connectivity index (χ0n) is 13.0. The van der Waals surface area contributed by atoms with Crippen molar-refractivity contribution in [2.45, 2.75) is 33.5 Å². The molecular weight excluding hydrogens is 260 g/mol. The lowest BCUT2D eigenvalue weighted by molar-refractivity contribution is 0.370. The minimum atomic E-state index is -1.65. The molecule has 0 bridgehead atoms. The standard InChI is InChI=1S/C18H23OSi/c1-14-6-10-16(11-7-14)18(19-20(3,4)5)17-12-8-15(2)9-13-17/h6-13H,1-5H3. The Balaban J connectivity index is 2.38. The summed E-state index contributed by atoms with van der Waals surface area (Å²) in [5.74, 6) is 0. The van der Waals surface area contributed by atoms with E-state index in [1.165, 1.54) is 11.1 Å². The molecule has 2 aromatic carbocycles. The lowest BCUT2D eigenvalue weighted by atomic mass is 10.00. The Labute approximate surface area is 123 Å². The summed E-state index contributed by atoms with van der Waals surface area (Å²) < 4.78 is 6.35. The second-order valence-electron chi connectivity index (χ2n) is 6.28. The predicted molar refractivity (Wildman–Crippen MR) is 88.2 cm³/mol. The Morgan fingerprint density at radius 1 is 0.700 bits per heavy atom. The molecule has 0 fully saturated rings. The monoisotopic (exact) mass is 283 g/mol. The largest absolute Gasteiger partial charge is 0.401 e. The molecule has 2 rings (SSSR count). The zero-order valence-corrected chi connectivity index (χ0v) is 14.0. The Hall–Kier alpha value is -1.38. The lowest BCUT2D eigenvalue weighted by Gasteiger charge is -2.26. The van der Waals surface area contributed by atoms with Crippen LogP contribution in [0.3, 0.4) is 0 Å². The average Bonchev–Trinajstić information content (AvgIpc) is 2.37. The van der Waals surface area contributed by atoms with Gasteiger partial charge in [0.05, 0.1) is 0 Å². The third-order valence-electron chi connectivity index (χ3n) is 3.04. The van der Waals surface area contributed by atoms with Gasteiger partial charge in [-0.05, 0) is 44.6 Å². The molecule has 0 spiro atoms. The van der Waals surface area contributed by atoms with Gasteiger partial charge in [0, 0.05) is 0 Å². The van der Waals surface area contributed by atoms with Crippen LogP contribution < -0.4 is 0 Å². The summed E-state index contributed by atoms with van der Waals surface area (Å²) in [4.78, 5) is 0. The molecule has 0 amide bonds. The molecule has 1 radical (unpaired) electrons. The minimum Gasteiger partial charge on any atom is -0.401 e. The van der Waals surface area contributed by atoms with Gasteiger partial charge in [0.1, 0.15) is 6.10 Å². The highest BCUT2D eigenvalue weighted by Crippen LogP contribution is 2.28.